The molecule has 4 heteroatoms. The van der Waals surface area contributed by atoms with E-state index in [1.165, 1.54) is 18.4 Å². The zero-order valence-electron chi connectivity index (χ0n) is 17.3. The molecule has 150 valence electrons. The van der Waals surface area contributed by atoms with Gasteiger partial charge in [0.05, 0.1) is 18.8 Å². The first-order valence-electron chi connectivity index (χ1n) is 10.7. The lowest BCUT2D eigenvalue weighted by Gasteiger charge is -2.47. The van der Waals surface area contributed by atoms with Gasteiger partial charge in [-0.25, -0.2) is 0 Å². The van der Waals surface area contributed by atoms with Crippen LogP contribution < -0.4 is 0 Å². The number of aryl methyl sites for hydroxylation is 1. The van der Waals surface area contributed by atoms with E-state index in [0.29, 0.717) is 12.1 Å². The highest BCUT2D eigenvalue weighted by Crippen LogP contribution is 2.46. The third-order valence-corrected chi connectivity index (χ3v) is 6.87. The highest BCUT2D eigenvalue weighted by molar-refractivity contribution is 5.28. The predicted molar refractivity (Wildman–Crippen MR) is 109 cm³/mol. The average molecular weight is 373 g/mol. The Morgan fingerprint density at radius 2 is 1.63 bits per heavy atom. The summed E-state index contributed by atoms with van der Waals surface area (Å²) in [6, 6.07) is 9.55. The van der Waals surface area contributed by atoms with Crippen LogP contribution in [-0.4, -0.2) is 66.4 Å². The predicted octanol–water partition coefficient (Wildman–Crippen LogP) is 3.17. The van der Waals surface area contributed by atoms with Crippen LogP contribution in [0.3, 0.4) is 0 Å². The summed E-state index contributed by atoms with van der Waals surface area (Å²) in [6.45, 7) is 13.0. The van der Waals surface area contributed by atoms with Crippen molar-refractivity contribution in [3.63, 3.8) is 0 Å². The van der Waals surface area contributed by atoms with E-state index in [9.17, 15) is 5.11 Å². The molecule has 1 aromatic carbocycles. The topological polar surface area (TPSA) is 35.9 Å². The van der Waals surface area contributed by atoms with Crippen molar-refractivity contribution in [3.05, 3.63) is 35.4 Å². The van der Waals surface area contributed by atoms with Gasteiger partial charge in [0.25, 0.3) is 0 Å². The number of ether oxygens (including phenoxy) is 1. The van der Waals surface area contributed by atoms with Gasteiger partial charge in [0.15, 0.2) is 0 Å². The molecule has 27 heavy (non-hydrogen) atoms. The first-order valence-corrected chi connectivity index (χ1v) is 10.7. The number of nitrogens with zero attached hydrogens (tertiary/aromatic N) is 2. The van der Waals surface area contributed by atoms with E-state index >= 15 is 0 Å². The van der Waals surface area contributed by atoms with Gasteiger partial charge in [-0.2, -0.15) is 0 Å². The number of rotatable bonds is 5. The average Bonchev–Trinajstić information content (AvgIpc) is 2.86. The molecule has 1 N–H and O–H groups in total. The van der Waals surface area contributed by atoms with Crippen molar-refractivity contribution in [2.75, 3.05) is 39.4 Å². The minimum atomic E-state index is -0.648. The zero-order chi connectivity index (χ0) is 19.1. The molecule has 0 unspecified atom stereocenters. The maximum absolute atomic E-state index is 11.4. The third-order valence-electron chi connectivity index (χ3n) is 6.87. The SMILES string of the molecule is Cc1ccc(C2(O)C[C@@H]3CC[C@@H](C2)N3CC(C)(C)CN2CCOCC2)cc1. The van der Waals surface area contributed by atoms with Gasteiger partial charge < -0.3 is 9.84 Å². The first kappa shape index (κ1) is 19.4. The molecule has 1 aromatic rings. The van der Waals surface area contributed by atoms with Crippen LogP contribution in [0.15, 0.2) is 24.3 Å². The molecule has 3 saturated heterocycles. The van der Waals surface area contributed by atoms with Gasteiger partial charge in [0, 0.05) is 38.3 Å². The van der Waals surface area contributed by atoms with Crippen molar-refractivity contribution in [2.24, 2.45) is 5.41 Å². The molecule has 0 saturated carbocycles. The van der Waals surface area contributed by atoms with Crippen molar-refractivity contribution in [3.8, 4) is 0 Å². The molecule has 4 rings (SSSR count). The highest BCUT2D eigenvalue weighted by atomic mass is 16.5. The molecular weight excluding hydrogens is 336 g/mol. The highest BCUT2D eigenvalue weighted by Gasteiger charge is 2.49. The van der Waals surface area contributed by atoms with E-state index in [-0.39, 0.29) is 5.41 Å². The molecule has 3 fully saturated rings. The minimum Gasteiger partial charge on any atom is -0.385 e. The van der Waals surface area contributed by atoms with Gasteiger partial charge in [0.1, 0.15) is 0 Å². The second-order valence-corrected chi connectivity index (χ2v) is 9.92. The molecule has 3 aliphatic rings. The summed E-state index contributed by atoms with van der Waals surface area (Å²) in [4.78, 5) is 5.28. The summed E-state index contributed by atoms with van der Waals surface area (Å²) >= 11 is 0. The van der Waals surface area contributed by atoms with Crippen LogP contribution in [-0.2, 0) is 10.3 Å². The zero-order valence-corrected chi connectivity index (χ0v) is 17.3. The molecule has 0 amide bonds. The Kier molecular flexibility index (Phi) is 5.36. The number of piperidine rings is 1. The van der Waals surface area contributed by atoms with Crippen LogP contribution in [0.2, 0.25) is 0 Å². The first-order chi connectivity index (χ1) is 12.8. The summed E-state index contributed by atoms with van der Waals surface area (Å²) < 4.78 is 5.50. The number of fused-ring (bicyclic) bond motifs is 2. The fraction of sp³-hybridized carbons (Fsp3) is 0.739. The number of aliphatic hydroxyl groups is 1. The Hall–Kier alpha value is -0.940. The lowest BCUT2D eigenvalue weighted by atomic mass is 9.79. The maximum atomic E-state index is 11.4. The molecule has 3 aliphatic heterocycles. The van der Waals surface area contributed by atoms with Crippen LogP contribution >= 0.6 is 0 Å². The molecule has 2 bridgehead atoms. The van der Waals surface area contributed by atoms with E-state index in [1.807, 2.05) is 0 Å². The summed E-state index contributed by atoms with van der Waals surface area (Å²) in [5, 5.41) is 11.4. The number of hydrogen-bond acceptors (Lipinski definition) is 4. The summed E-state index contributed by atoms with van der Waals surface area (Å²) in [5.41, 5.74) is 1.98. The Balaban J connectivity index is 1.42. The van der Waals surface area contributed by atoms with Crippen LogP contribution in [0.25, 0.3) is 0 Å². The molecule has 0 radical (unpaired) electrons. The van der Waals surface area contributed by atoms with E-state index in [4.69, 9.17) is 4.74 Å². The maximum Gasteiger partial charge on any atom is 0.0926 e. The summed E-state index contributed by atoms with van der Waals surface area (Å²) in [5.74, 6) is 0. The quantitative estimate of drug-likeness (QED) is 0.861. The molecule has 0 aliphatic carbocycles. The molecule has 3 heterocycles. The summed E-state index contributed by atoms with van der Waals surface area (Å²) in [7, 11) is 0. The van der Waals surface area contributed by atoms with Gasteiger partial charge in [0.2, 0.25) is 0 Å². The van der Waals surface area contributed by atoms with Crippen molar-refractivity contribution in [1.29, 1.82) is 0 Å². The van der Waals surface area contributed by atoms with Gasteiger partial charge >= 0.3 is 0 Å². The lowest BCUT2D eigenvalue weighted by Crippen LogP contribution is -2.54. The van der Waals surface area contributed by atoms with Crippen LogP contribution in [0.5, 0.6) is 0 Å². The van der Waals surface area contributed by atoms with Crippen molar-refractivity contribution < 1.29 is 9.84 Å². The molecule has 4 nitrogen and oxygen atoms in total. The van der Waals surface area contributed by atoms with E-state index in [1.54, 1.807) is 0 Å². The van der Waals surface area contributed by atoms with E-state index in [0.717, 1.165) is 57.8 Å². The molecule has 0 spiro atoms. The Labute approximate surface area is 164 Å². The van der Waals surface area contributed by atoms with E-state index < -0.39 is 5.60 Å². The van der Waals surface area contributed by atoms with Crippen LogP contribution in [0.1, 0.15) is 50.7 Å². The van der Waals surface area contributed by atoms with Gasteiger partial charge in [-0.05, 0) is 43.6 Å². The molecule has 2 atom stereocenters. The van der Waals surface area contributed by atoms with Gasteiger partial charge in [-0.3, -0.25) is 9.80 Å². The fourth-order valence-electron chi connectivity index (χ4n) is 5.58. The monoisotopic (exact) mass is 372 g/mol. The van der Waals surface area contributed by atoms with Crippen molar-refractivity contribution in [2.45, 2.75) is 64.1 Å². The molecular formula is C23H36N2O2. The third kappa shape index (κ3) is 4.24. The summed E-state index contributed by atoms with van der Waals surface area (Å²) in [6.07, 6.45) is 4.21. The largest absolute Gasteiger partial charge is 0.385 e. The minimum absolute atomic E-state index is 0.261. The lowest BCUT2D eigenvalue weighted by molar-refractivity contribution is -0.0689. The van der Waals surface area contributed by atoms with Crippen molar-refractivity contribution >= 4 is 0 Å². The molecule has 0 aromatic heterocycles. The van der Waals surface area contributed by atoms with E-state index in [2.05, 4.69) is 54.8 Å². The number of benzene rings is 1. The Morgan fingerprint density at radius 3 is 2.22 bits per heavy atom. The smallest absolute Gasteiger partial charge is 0.0926 e. The second kappa shape index (κ2) is 7.47. The van der Waals surface area contributed by atoms with Gasteiger partial charge in [-0.1, -0.05) is 43.7 Å². The van der Waals surface area contributed by atoms with Gasteiger partial charge in [-0.15, -0.1) is 0 Å². The Bertz CT molecular complexity index is 622. The van der Waals surface area contributed by atoms with Crippen molar-refractivity contribution in [1.82, 2.24) is 9.80 Å². The Morgan fingerprint density at radius 1 is 1.04 bits per heavy atom. The normalized spacial score (nSPS) is 32.7. The number of morpholine rings is 1. The number of hydrogen-bond donors (Lipinski definition) is 1. The second-order valence-electron chi connectivity index (χ2n) is 9.92. The standard InChI is InChI=1S/C23H36N2O2/c1-18-4-6-19(7-5-18)23(26)14-20-8-9-21(15-23)25(20)17-22(2,3)16-24-10-12-27-13-11-24/h4-7,20-21,26H,8-17H2,1-3H3/t20-,21-/m0/s1. The fourth-order valence-corrected chi connectivity index (χ4v) is 5.58. The van der Waals surface area contributed by atoms with Crippen LogP contribution in [0, 0.1) is 12.3 Å². The van der Waals surface area contributed by atoms with Crippen LogP contribution in [0.4, 0.5) is 0 Å².